The van der Waals surface area contributed by atoms with Gasteiger partial charge in [-0.3, -0.25) is 4.79 Å². The third-order valence-corrected chi connectivity index (χ3v) is 7.38. The number of carbonyl (C=O) groups excluding carboxylic acids is 1. The third kappa shape index (κ3) is 1.93. The van der Waals surface area contributed by atoms with Crippen molar-refractivity contribution in [3.63, 3.8) is 0 Å². The summed E-state index contributed by atoms with van der Waals surface area (Å²) in [7, 11) is 0. The Labute approximate surface area is 152 Å². The zero-order valence-electron chi connectivity index (χ0n) is 15.6. The third-order valence-electron chi connectivity index (χ3n) is 7.38. The molecular weight excluding hydrogens is 340 g/mol. The molecule has 2 heterocycles. The highest BCUT2D eigenvalue weighted by Crippen LogP contribution is 2.71. The maximum atomic E-state index is 12.1. The van der Waals surface area contributed by atoms with E-state index in [4.69, 9.17) is 14.2 Å². The highest BCUT2D eigenvalue weighted by molar-refractivity contribution is 5.72. The van der Waals surface area contributed by atoms with Crippen molar-refractivity contribution >= 4 is 5.97 Å². The van der Waals surface area contributed by atoms with Crippen LogP contribution in [0.4, 0.5) is 0 Å². The monoisotopic (exact) mass is 368 g/mol. The summed E-state index contributed by atoms with van der Waals surface area (Å²) in [5.41, 5.74) is -1.79. The minimum atomic E-state index is -1.10. The average molecular weight is 368 g/mol. The highest BCUT2D eigenvalue weighted by Gasteiger charge is 2.84. The number of esters is 1. The van der Waals surface area contributed by atoms with Gasteiger partial charge in [-0.1, -0.05) is 26.8 Å². The first-order valence-electron chi connectivity index (χ1n) is 9.30. The number of fused-ring (bicyclic) bond motifs is 2. The number of aliphatic hydroxyl groups excluding tert-OH is 3. The van der Waals surface area contributed by atoms with Crippen molar-refractivity contribution in [3.8, 4) is 0 Å². The fourth-order valence-corrected chi connectivity index (χ4v) is 5.46. The molecule has 7 nitrogen and oxygen atoms in total. The van der Waals surface area contributed by atoms with E-state index in [0.29, 0.717) is 13.0 Å². The molecule has 3 fully saturated rings. The molecule has 0 amide bonds. The molecule has 7 heteroatoms. The van der Waals surface area contributed by atoms with Gasteiger partial charge in [0.15, 0.2) is 0 Å². The van der Waals surface area contributed by atoms with Crippen molar-refractivity contribution in [3.05, 3.63) is 11.6 Å². The summed E-state index contributed by atoms with van der Waals surface area (Å²) in [5.74, 6) is -0.566. The van der Waals surface area contributed by atoms with Crippen LogP contribution < -0.4 is 0 Å². The van der Waals surface area contributed by atoms with Crippen molar-refractivity contribution < 1.29 is 34.3 Å². The predicted molar refractivity (Wildman–Crippen MR) is 90.1 cm³/mol. The van der Waals surface area contributed by atoms with E-state index in [9.17, 15) is 20.1 Å². The normalized spacial score (nSPS) is 52.0. The Morgan fingerprint density at radius 3 is 2.62 bits per heavy atom. The Morgan fingerprint density at radius 2 is 2.08 bits per heavy atom. The number of ether oxygens (including phenoxy) is 3. The molecule has 1 spiro atoms. The molecule has 1 saturated carbocycles. The Kier molecular flexibility index (Phi) is 3.90. The lowest BCUT2D eigenvalue weighted by atomic mass is 9.51. The summed E-state index contributed by atoms with van der Waals surface area (Å²) >= 11 is 0. The first-order valence-corrected chi connectivity index (χ1v) is 9.30. The van der Waals surface area contributed by atoms with Gasteiger partial charge in [-0.2, -0.15) is 0 Å². The van der Waals surface area contributed by atoms with E-state index in [0.717, 1.165) is 5.57 Å². The molecule has 146 valence electrons. The second kappa shape index (κ2) is 5.52. The van der Waals surface area contributed by atoms with Crippen LogP contribution in [0, 0.1) is 16.7 Å². The molecule has 3 N–H and O–H groups in total. The first kappa shape index (κ1) is 18.4. The van der Waals surface area contributed by atoms with Crippen molar-refractivity contribution in [1.82, 2.24) is 0 Å². The number of hydrogen-bond acceptors (Lipinski definition) is 7. The molecule has 4 aliphatic rings. The lowest BCUT2D eigenvalue weighted by molar-refractivity contribution is -0.235. The van der Waals surface area contributed by atoms with Crippen LogP contribution >= 0.6 is 0 Å². The van der Waals surface area contributed by atoms with Crippen LogP contribution in [-0.2, 0) is 19.0 Å². The largest absolute Gasteiger partial charge is 0.458 e. The van der Waals surface area contributed by atoms with E-state index >= 15 is 0 Å². The number of carbonyl (C=O) groups is 1. The van der Waals surface area contributed by atoms with Gasteiger partial charge in [-0.25, -0.2) is 0 Å². The van der Waals surface area contributed by atoms with Crippen molar-refractivity contribution in [1.29, 1.82) is 0 Å². The van der Waals surface area contributed by atoms with E-state index in [1.807, 2.05) is 19.9 Å². The van der Waals surface area contributed by atoms with Gasteiger partial charge < -0.3 is 29.5 Å². The number of rotatable bonds is 3. The zero-order valence-corrected chi connectivity index (χ0v) is 15.6. The molecule has 8 atom stereocenters. The zero-order chi connectivity index (χ0) is 19.1. The van der Waals surface area contributed by atoms with E-state index in [1.54, 1.807) is 13.8 Å². The highest BCUT2D eigenvalue weighted by atomic mass is 16.6. The van der Waals surface area contributed by atoms with E-state index in [2.05, 4.69) is 0 Å². The second-order valence-electron chi connectivity index (χ2n) is 8.80. The molecule has 0 aromatic rings. The van der Waals surface area contributed by atoms with Crippen LogP contribution in [0.5, 0.6) is 0 Å². The minimum Gasteiger partial charge on any atom is -0.458 e. The fraction of sp³-hybridized carbons (Fsp3) is 0.842. The molecule has 2 saturated heterocycles. The average Bonchev–Trinajstić information content (AvgIpc) is 3.38. The van der Waals surface area contributed by atoms with E-state index in [-0.39, 0.29) is 18.5 Å². The molecule has 2 bridgehead atoms. The van der Waals surface area contributed by atoms with Crippen LogP contribution in [0.3, 0.4) is 0 Å². The Bertz CT molecular complexity index is 654. The van der Waals surface area contributed by atoms with Crippen LogP contribution in [0.2, 0.25) is 0 Å². The minimum absolute atomic E-state index is 0.259. The van der Waals surface area contributed by atoms with Crippen molar-refractivity contribution in [2.24, 2.45) is 16.7 Å². The summed E-state index contributed by atoms with van der Waals surface area (Å²) in [6.45, 7) is 7.38. The predicted octanol–water partition coefficient (Wildman–Crippen LogP) is 0.161. The molecule has 26 heavy (non-hydrogen) atoms. The molecule has 2 aliphatic heterocycles. The van der Waals surface area contributed by atoms with Gasteiger partial charge in [0.2, 0.25) is 0 Å². The van der Waals surface area contributed by atoms with Gasteiger partial charge in [0.1, 0.15) is 23.9 Å². The summed E-state index contributed by atoms with van der Waals surface area (Å²) < 4.78 is 17.6. The fourth-order valence-electron chi connectivity index (χ4n) is 5.46. The van der Waals surface area contributed by atoms with Crippen molar-refractivity contribution in [2.45, 2.75) is 70.2 Å². The van der Waals surface area contributed by atoms with Gasteiger partial charge >= 0.3 is 5.97 Å². The number of epoxide rings is 1. The van der Waals surface area contributed by atoms with Crippen molar-refractivity contribution in [2.75, 3.05) is 13.2 Å². The second-order valence-corrected chi connectivity index (χ2v) is 8.80. The van der Waals surface area contributed by atoms with Gasteiger partial charge in [-0.15, -0.1) is 0 Å². The SMILES string of the molecule is CC1=CC2OC3[C@H](O)[C@@H](O)C(C)([C@@]2(CO)C[C@@H]1OC(=O)C(C)C)[C@]31CO1. The lowest BCUT2D eigenvalue weighted by Gasteiger charge is -2.58. The Morgan fingerprint density at radius 1 is 1.42 bits per heavy atom. The maximum absolute atomic E-state index is 12.1. The molecule has 0 radical (unpaired) electrons. The smallest absolute Gasteiger partial charge is 0.308 e. The lowest BCUT2D eigenvalue weighted by Crippen LogP contribution is -2.67. The Balaban J connectivity index is 1.77. The van der Waals surface area contributed by atoms with E-state index in [1.165, 1.54) is 0 Å². The molecule has 2 aliphatic carbocycles. The van der Waals surface area contributed by atoms with Crippen LogP contribution in [0.15, 0.2) is 11.6 Å². The number of hydrogen-bond donors (Lipinski definition) is 3. The summed E-state index contributed by atoms with van der Waals surface area (Å²) in [6.07, 6.45) is -1.63. The van der Waals surface area contributed by atoms with Gasteiger partial charge in [0.25, 0.3) is 0 Å². The molecule has 4 rings (SSSR count). The first-order chi connectivity index (χ1) is 12.1. The number of aliphatic hydroxyl groups is 3. The van der Waals surface area contributed by atoms with Gasteiger partial charge in [0.05, 0.1) is 31.3 Å². The summed E-state index contributed by atoms with van der Waals surface area (Å²) in [6, 6.07) is 0. The van der Waals surface area contributed by atoms with Crippen LogP contribution in [-0.4, -0.2) is 70.6 Å². The molecule has 3 unspecified atom stereocenters. The standard InChI is InChI=1S/C19H28O7/c1-9(2)16(23)25-11-6-18(7-20)12(5-10(11)3)26-15-13(21)14(22)17(18,4)19(15)8-24-19/h5,9,11-15,20-22H,6-8H2,1-4H3/t11-,12?,13+,14+,15?,17?,18+,19-/m0/s1. The topological polar surface area (TPSA) is 109 Å². The summed E-state index contributed by atoms with van der Waals surface area (Å²) in [4.78, 5) is 12.1. The Hall–Kier alpha value is -0.990. The quantitative estimate of drug-likeness (QED) is 0.370. The summed E-state index contributed by atoms with van der Waals surface area (Å²) in [5, 5.41) is 32.0. The molecule has 0 aromatic carbocycles. The van der Waals surface area contributed by atoms with Crippen LogP contribution in [0.25, 0.3) is 0 Å². The molecule has 0 aromatic heterocycles. The molecular formula is C19H28O7. The van der Waals surface area contributed by atoms with Gasteiger partial charge in [-0.05, 0) is 18.9 Å². The van der Waals surface area contributed by atoms with Gasteiger partial charge in [0, 0.05) is 10.8 Å². The van der Waals surface area contributed by atoms with Crippen LogP contribution in [0.1, 0.15) is 34.1 Å². The maximum Gasteiger partial charge on any atom is 0.308 e. The van der Waals surface area contributed by atoms with E-state index < -0.39 is 47.0 Å².